The maximum absolute atomic E-state index is 12.1. The van der Waals surface area contributed by atoms with Crippen LogP contribution in [-0.4, -0.2) is 48.5 Å². The third-order valence-electron chi connectivity index (χ3n) is 3.57. The summed E-state index contributed by atoms with van der Waals surface area (Å²) in [5, 5.41) is 3.62. The summed E-state index contributed by atoms with van der Waals surface area (Å²) in [6, 6.07) is 0. The Labute approximate surface area is 102 Å². The second kappa shape index (κ2) is 5.92. The molecule has 2 rings (SSSR count). The molecule has 0 spiro atoms. The Balaban J connectivity index is 1.77. The number of hydrogen-bond acceptors (Lipinski definition) is 3. The van der Waals surface area contributed by atoms with Crippen LogP contribution in [0.2, 0.25) is 0 Å². The van der Waals surface area contributed by atoms with Gasteiger partial charge in [-0.1, -0.05) is 0 Å². The molecule has 16 heavy (non-hydrogen) atoms. The molecule has 0 bridgehead atoms. The summed E-state index contributed by atoms with van der Waals surface area (Å²) >= 11 is 1.84. The fraction of sp³-hybridized carbons (Fsp3) is 0.917. The third-order valence-corrected chi connectivity index (χ3v) is 4.94. The van der Waals surface area contributed by atoms with Gasteiger partial charge in [-0.15, -0.1) is 11.8 Å². The first-order valence-electron chi connectivity index (χ1n) is 6.34. The number of carbonyl (C=O) groups excluding carboxylic acids is 1. The van der Waals surface area contributed by atoms with Crippen LogP contribution in [0.1, 0.15) is 25.7 Å². The average molecular weight is 242 g/mol. The highest BCUT2D eigenvalue weighted by atomic mass is 32.2. The Hall–Kier alpha value is -0.220. The van der Waals surface area contributed by atoms with Gasteiger partial charge < -0.3 is 10.2 Å². The van der Waals surface area contributed by atoms with E-state index in [1.165, 1.54) is 19.3 Å². The minimum atomic E-state index is 0.256. The van der Waals surface area contributed by atoms with Crippen LogP contribution < -0.4 is 5.32 Å². The highest BCUT2D eigenvalue weighted by molar-refractivity contribution is 8.00. The normalized spacial score (nSPS) is 26.9. The van der Waals surface area contributed by atoms with Gasteiger partial charge in [0.2, 0.25) is 5.91 Å². The number of thioether (sulfide) groups is 1. The average Bonchev–Trinajstić information content (AvgIpc) is 2.83. The number of hydrogen-bond donors (Lipinski definition) is 1. The van der Waals surface area contributed by atoms with Crippen molar-refractivity contribution in [3.8, 4) is 0 Å². The number of piperidine rings is 1. The quantitative estimate of drug-likeness (QED) is 0.810. The van der Waals surface area contributed by atoms with Gasteiger partial charge in [0.15, 0.2) is 0 Å². The van der Waals surface area contributed by atoms with E-state index in [1.54, 1.807) is 0 Å². The molecule has 1 N–H and O–H groups in total. The van der Waals surface area contributed by atoms with Gasteiger partial charge in [0.25, 0.3) is 0 Å². The van der Waals surface area contributed by atoms with Gasteiger partial charge in [0.05, 0.1) is 5.25 Å². The molecule has 1 amide bonds. The number of nitrogens with one attached hydrogen (secondary N) is 1. The molecule has 2 aliphatic heterocycles. The summed E-state index contributed by atoms with van der Waals surface area (Å²) in [5.41, 5.74) is 0. The molecule has 0 radical (unpaired) electrons. The van der Waals surface area contributed by atoms with E-state index in [1.807, 2.05) is 23.7 Å². The van der Waals surface area contributed by atoms with Crippen LogP contribution in [0.5, 0.6) is 0 Å². The standard InChI is InChI=1S/C12H22N2OS/c1-14(9-10-4-6-13-7-5-10)12(15)11-3-2-8-16-11/h10-11,13H,2-9H2,1H3. The van der Waals surface area contributed by atoms with Crippen LogP contribution in [0.25, 0.3) is 0 Å². The molecule has 1 atom stereocenters. The first-order valence-corrected chi connectivity index (χ1v) is 7.39. The van der Waals surface area contributed by atoms with Crippen LogP contribution >= 0.6 is 11.8 Å². The van der Waals surface area contributed by atoms with Crippen LogP contribution in [0.3, 0.4) is 0 Å². The van der Waals surface area contributed by atoms with E-state index in [4.69, 9.17) is 0 Å². The smallest absolute Gasteiger partial charge is 0.235 e. The summed E-state index contributed by atoms with van der Waals surface area (Å²) in [5.74, 6) is 2.24. The van der Waals surface area contributed by atoms with Crippen molar-refractivity contribution < 1.29 is 4.79 Å². The molecule has 0 aromatic heterocycles. The van der Waals surface area contributed by atoms with Crippen molar-refractivity contribution in [2.24, 2.45) is 5.92 Å². The van der Waals surface area contributed by atoms with E-state index in [0.29, 0.717) is 11.8 Å². The molecule has 0 aromatic rings. The van der Waals surface area contributed by atoms with E-state index < -0.39 is 0 Å². The lowest BCUT2D eigenvalue weighted by atomic mass is 9.97. The van der Waals surface area contributed by atoms with E-state index in [2.05, 4.69) is 5.32 Å². The summed E-state index contributed by atoms with van der Waals surface area (Å²) in [6.45, 7) is 3.19. The van der Waals surface area contributed by atoms with Crippen molar-refractivity contribution in [3.05, 3.63) is 0 Å². The van der Waals surface area contributed by atoms with Gasteiger partial charge in [-0.25, -0.2) is 0 Å². The maximum atomic E-state index is 12.1. The molecule has 1 unspecified atom stereocenters. The molecule has 3 nitrogen and oxygen atoms in total. The summed E-state index contributed by atoms with van der Waals surface area (Å²) in [7, 11) is 1.98. The zero-order chi connectivity index (χ0) is 11.4. The third kappa shape index (κ3) is 3.14. The van der Waals surface area contributed by atoms with Gasteiger partial charge in [-0.05, 0) is 50.4 Å². The fourth-order valence-electron chi connectivity index (χ4n) is 2.56. The molecule has 92 valence electrons. The number of carbonyl (C=O) groups is 1. The Morgan fingerprint density at radius 3 is 2.75 bits per heavy atom. The van der Waals surface area contributed by atoms with Crippen molar-refractivity contribution >= 4 is 17.7 Å². The highest BCUT2D eigenvalue weighted by Crippen LogP contribution is 2.27. The fourth-order valence-corrected chi connectivity index (χ4v) is 3.83. The number of rotatable bonds is 3. The minimum Gasteiger partial charge on any atom is -0.345 e. The lowest BCUT2D eigenvalue weighted by Crippen LogP contribution is -2.40. The molecule has 2 saturated heterocycles. The minimum absolute atomic E-state index is 0.256. The molecule has 2 fully saturated rings. The largest absolute Gasteiger partial charge is 0.345 e. The zero-order valence-electron chi connectivity index (χ0n) is 10.1. The zero-order valence-corrected chi connectivity index (χ0v) is 10.9. The van der Waals surface area contributed by atoms with Crippen molar-refractivity contribution in [1.82, 2.24) is 10.2 Å². The topological polar surface area (TPSA) is 32.3 Å². The number of nitrogens with zero attached hydrogens (tertiary/aromatic N) is 1. The van der Waals surface area contributed by atoms with Crippen molar-refractivity contribution in [1.29, 1.82) is 0 Å². The predicted molar refractivity (Wildman–Crippen MR) is 68.7 cm³/mol. The first kappa shape index (κ1) is 12.2. The summed E-state index contributed by atoms with van der Waals surface area (Å²) in [4.78, 5) is 14.1. The Bertz CT molecular complexity index is 235. The molecule has 2 aliphatic rings. The van der Waals surface area contributed by atoms with Gasteiger partial charge in [0, 0.05) is 13.6 Å². The Morgan fingerprint density at radius 2 is 2.12 bits per heavy atom. The molecular weight excluding hydrogens is 220 g/mol. The molecule has 4 heteroatoms. The Kier molecular flexibility index (Phi) is 4.53. The van der Waals surface area contributed by atoms with Gasteiger partial charge in [0.1, 0.15) is 0 Å². The monoisotopic (exact) mass is 242 g/mol. The van der Waals surface area contributed by atoms with Crippen LogP contribution in [-0.2, 0) is 4.79 Å². The molecular formula is C12H22N2OS. The second-order valence-electron chi connectivity index (χ2n) is 4.91. The SMILES string of the molecule is CN(CC1CCNCC1)C(=O)C1CCCS1. The van der Waals surface area contributed by atoms with Crippen LogP contribution in [0.15, 0.2) is 0 Å². The first-order chi connectivity index (χ1) is 7.77. The van der Waals surface area contributed by atoms with Crippen LogP contribution in [0.4, 0.5) is 0 Å². The van der Waals surface area contributed by atoms with Crippen molar-refractivity contribution in [2.45, 2.75) is 30.9 Å². The molecule has 0 saturated carbocycles. The van der Waals surface area contributed by atoms with Crippen molar-refractivity contribution in [3.63, 3.8) is 0 Å². The molecule has 0 aromatic carbocycles. The summed E-state index contributed by atoms with van der Waals surface area (Å²) in [6.07, 6.45) is 4.73. The van der Waals surface area contributed by atoms with E-state index in [-0.39, 0.29) is 5.25 Å². The van der Waals surface area contributed by atoms with Gasteiger partial charge in [-0.3, -0.25) is 4.79 Å². The van der Waals surface area contributed by atoms with Gasteiger partial charge in [-0.2, -0.15) is 0 Å². The van der Waals surface area contributed by atoms with Gasteiger partial charge >= 0.3 is 0 Å². The summed E-state index contributed by atoms with van der Waals surface area (Å²) < 4.78 is 0. The highest BCUT2D eigenvalue weighted by Gasteiger charge is 2.27. The maximum Gasteiger partial charge on any atom is 0.235 e. The molecule has 2 heterocycles. The Morgan fingerprint density at radius 1 is 1.38 bits per heavy atom. The van der Waals surface area contributed by atoms with Crippen molar-refractivity contribution in [2.75, 3.05) is 32.4 Å². The van der Waals surface area contributed by atoms with Crippen LogP contribution in [0, 0.1) is 5.92 Å². The molecule has 0 aliphatic carbocycles. The predicted octanol–water partition coefficient (Wildman–Crippen LogP) is 1.34. The van der Waals surface area contributed by atoms with E-state index >= 15 is 0 Å². The lowest BCUT2D eigenvalue weighted by Gasteiger charge is -2.28. The lowest BCUT2D eigenvalue weighted by molar-refractivity contribution is -0.130. The van der Waals surface area contributed by atoms with E-state index in [9.17, 15) is 4.79 Å². The number of amides is 1. The second-order valence-corrected chi connectivity index (χ2v) is 6.22. The van der Waals surface area contributed by atoms with E-state index in [0.717, 1.165) is 31.8 Å².